The lowest BCUT2D eigenvalue weighted by atomic mass is 10.0. The molecule has 0 fully saturated rings. The maximum Gasteiger partial charge on any atom is 0.329 e. The normalized spacial score (nSPS) is 14.6. The molecule has 4 atom stereocenters. The number of carboxylic acid groups (broad SMARTS) is 1. The number of carbonyl (C=O) groups is 4. The van der Waals surface area contributed by atoms with E-state index in [1.54, 1.807) is 67.8 Å². The van der Waals surface area contributed by atoms with Crippen LogP contribution in [0.15, 0.2) is 0 Å². The Kier molecular flexibility index (Phi) is 13.5. The molecule has 8 N–H and O–H groups in total. The van der Waals surface area contributed by atoms with Gasteiger partial charge in [0.2, 0.25) is 5.91 Å². The molecule has 0 spiro atoms. The largest absolute Gasteiger partial charge is 0.480 e. The molecule has 4 unspecified atom stereocenters. The van der Waals surface area contributed by atoms with E-state index < -0.39 is 68.6 Å². The number of hydrogen-bond acceptors (Lipinski definition) is 10. The molecule has 0 aliphatic carbocycles. The zero-order valence-electron chi connectivity index (χ0n) is 17.1. The minimum atomic E-state index is -1.89. The molecular formula is C18H21I3N2O11. The third-order valence-electron chi connectivity index (χ3n) is 4.22. The van der Waals surface area contributed by atoms with E-state index in [4.69, 9.17) is 14.9 Å². The predicted molar refractivity (Wildman–Crippen MR) is 141 cm³/mol. The number of benzene rings is 1. The summed E-state index contributed by atoms with van der Waals surface area (Å²) in [7, 11) is 0. The first-order chi connectivity index (χ1) is 15.9. The number of ether oxygens (including phenoxy) is 1. The highest BCUT2D eigenvalue weighted by Crippen LogP contribution is 2.35. The second-order valence-electron chi connectivity index (χ2n) is 6.67. The fraction of sp³-hybridized carbons (Fsp3) is 0.444. The van der Waals surface area contributed by atoms with Gasteiger partial charge >= 0.3 is 5.97 Å². The summed E-state index contributed by atoms with van der Waals surface area (Å²) < 4.78 is 5.52. The Morgan fingerprint density at radius 1 is 0.941 bits per heavy atom. The van der Waals surface area contributed by atoms with Crippen molar-refractivity contribution in [2.24, 2.45) is 0 Å². The van der Waals surface area contributed by atoms with Gasteiger partial charge in [-0.05, 0) is 67.8 Å². The molecule has 0 aromatic heterocycles. The number of carbonyl (C=O) groups excluding carboxylic acids is 3. The number of aldehydes is 1. The van der Waals surface area contributed by atoms with Crippen LogP contribution in [0.5, 0.6) is 0 Å². The van der Waals surface area contributed by atoms with E-state index in [1.807, 2.05) is 0 Å². The van der Waals surface area contributed by atoms with E-state index in [1.165, 1.54) is 0 Å². The quantitative estimate of drug-likeness (QED) is 0.0847. The van der Waals surface area contributed by atoms with Gasteiger partial charge in [-0.2, -0.15) is 0 Å². The van der Waals surface area contributed by atoms with Crippen molar-refractivity contribution < 1.29 is 54.6 Å². The fourth-order valence-corrected chi connectivity index (χ4v) is 6.65. The molecule has 13 nitrogen and oxygen atoms in total. The number of anilines is 1. The summed E-state index contributed by atoms with van der Waals surface area (Å²) in [5.41, 5.74) is 0.179. The van der Waals surface area contributed by atoms with Crippen LogP contribution in [0.1, 0.15) is 20.7 Å². The molecule has 1 aromatic rings. The van der Waals surface area contributed by atoms with Gasteiger partial charge in [0.15, 0.2) is 6.29 Å². The van der Waals surface area contributed by atoms with Crippen molar-refractivity contribution in [3.05, 3.63) is 21.8 Å². The Morgan fingerprint density at radius 3 is 2.06 bits per heavy atom. The molecule has 1 aromatic carbocycles. The molecule has 2 amide bonds. The smallest absolute Gasteiger partial charge is 0.329 e. The molecule has 0 aliphatic rings. The van der Waals surface area contributed by atoms with Gasteiger partial charge in [-0.1, -0.05) is 0 Å². The summed E-state index contributed by atoms with van der Waals surface area (Å²) in [6.07, 6.45) is -6.70. The number of halogens is 3. The van der Waals surface area contributed by atoms with E-state index >= 15 is 0 Å². The summed E-state index contributed by atoms with van der Waals surface area (Å²) >= 11 is 5.34. The molecule has 0 aliphatic heterocycles. The number of aliphatic hydroxyl groups is 5. The van der Waals surface area contributed by atoms with Gasteiger partial charge in [-0.25, -0.2) is 4.79 Å². The Labute approximate surface area is 233 Å². The summed E-state index contributed by atoms with van der Waals surface area (Å²) in [6, 6.07) is 0. The standard InChI is InChI=1S/C18H21I3N2O11/c19-12-6(2-24)13(20)15(23-9(28)4-34-5-10(29)30)14(21)11(12)18(33)22-1-7(26)16(31)17(32)8(27)3-25/h2,7-8,16-17,25-27,31-32H,1,3-5H2,(H,22,33)(H,23,28)(H,29,30). The van der Waals surface area contributed by atoms with Crippen LogP contribution in [0.4, 0.5) is 5.69 Å². The van der Waals surface area contributed by atoms with Gasteiger partial charge in [0.25, 0.3) is 5.91 Å². The van der Waals surface area contributed by atoms with Crippen LogP contribution < -0.4 is 10.6 Å². The summed E-state index contributed by atoms with van der Waals surface area (Å²) in [5, 5.41) is 61.2. The van der Waals surface area contributed by atoms with Gasteiger partial charge in [0.1, 0.15) is 31.5 Å². The third-order valence-corrected chi connectivity index (χ3v) is 7.54. The molecule has 0 radical (unpaired) electrons. The second kappa shape index (κ2) is 14.7. The van der Waals surface area contributed by atoms with Crippen LogP contribution >= 0.6 is 67.8 Å². The van der Waals surface area contributed by atoms with Gasteiger partial charge in [0.05, 0.1) is 27.5 Å². The van der Waals surface area contributed by atoms with E-state index in [2.05, 4.69) is 10.6 Å². The number of nitrogens with one attached hydrogen (secondary N) is 2. The molecule has 0 bridgehead atoms. The minimum Gasteiger partial charge on any atom is -0.480 e. The lowest BCUT2D eigenvalue weighted by Crippen LogP contribution is -2.49. The minimum absolute atomic E-state index is 0.0249. The zero-order chi connectivity index (χ0) is 26.2. The van der Waals surface area contributed by atoms with Crippen molar-refractivity contribution >= 4 is 97.5 Å². The lowest BCUT2D eigenvalue weighted by molar-refractivity contribution is -0.143. The molecular weight excluding hydrogens is 801 g/mol. The van der Waals surface area contributed by atoms with Crippen molar-refractivity contribution in [1.29, 1.82) is 0 Å². The first-order valence-electron chi connectivity index (χ1n) is 9.23. The number of hydrogen-bond donors (Lipinski definition) is 8. The predicted octanol–water partition coefficient (Wildman–Crippen LogP) is -1.48. The van der Waals surface area contributed by atoms with E-state index in [0.29, 0.717) is 9.86 Å². The number of rotatable bonds is 13. The second-order valence-corrected chi connectivity index (χ2v) is 9.90. The molecule has 0 saturated carbocycles. The topological polar surface area (TPSA) is 223 Å². The van der Waals surface area contributed by atoms with Crippen LogP contribution in [0.3, 0.4) is 0 Å². The van der Waals surface area contributed by atoms with Crippen molar-refractivity contribution in [3.8, 4) is 0 Å². The molecule has 34 heavy (non-hydrogen) atoms. The summed E-state index contributed by atoms with van der Waals surface area (Å²) in [5.74, 6) is -2.77. The number of amides is 2. The highest BCUT2D eigenvalue weighted by atomic mass is 127. The van der Waals surface area contributed by atoms with Crippen LogP contribution in [-0.4, -0.2) is 105 Å². The van der Waals surface area contributed by atoms with Crippen molar-refractivity contribution in [2.45, 2.75) is 24.4 Å². The highest BCUT2D eigenvalue weighted by molar-refractivity contribution is 14.1. The Hall–Kier alpha value is -0.750. The van der Waals surface area contributed by atoms with Crippen LogP contribution in [0.2, 0.25) is 0 Å². The van der Waals surface area contributed by atoms with E-state index in [9.17, 15) is 39.6 Å². The average molecular weight is 822 g/mol. The Balaban J connectivity index is 3.12. The van der Waals surface area contributed by atoms with Gasteiger partial charge in [-0.3, -0.25) is 14.4 Å². The van der Waals surface area contributed by atoms with Crippen LogP contribution in [0.25, 0.3) is 0 Å². The van der Waals surface area contributed by atoms with Gasteiger partial charge in [-0.15, -0.1) is 0 Å². The zero-order valence-corrected chi connectivity index (χ0v) is 23.5. The number of aliphatic hydroxyl groups excluding tert-OH is 5. The molecule has 0 saturated heterocycles. The lowest BCUT2D eigenvalue weighted by Gasteiger charge is -2.26. The summed E-state index contributed by atoms with van der Waals surface area (Å²) in [4.78, 5) is 47.2. The number of carboxylic acids is 1. The van der Waals surface area contributed by atoms with E-state index in [0.717, 1.165) is 0 Å². The van der Waals surface area contributed by atoms with Crippen molar-refractivity contribution in [1.82, 2.24) is 5.32 Å². The third kappa shape index (κ3) is 8.43. The first-order valence-corrected chi connectivity index (χ1v) is 12.5. The maximum absolute atomic E-state index is 12.9. The Morgan fingerprint density at radius 2 is 1.53 bits per heavy atom. The van der Waals surface area contributed by atoms with Gasteiger partial charge < -0.3 is 46.0 Å². The van der Waals surface area contributed by atoms with Crippen molar-refractivity contribution in [3.63, 3.8) is 0 Å². The van der Waals surface area contributed by atoms with E-state index in [-0.39, 0.29) is 24.0 Å². The molecule has 1 rings (SSSR count). The fourth-order valence-electron chi connectivity index (χ4n) is 2.47. The van der Waals surface area contributed by atoms with Crippen LogP contribution in [-0.2, 0) is 14.3 Å². The Bertz CT molecular complexity index is 931. The molecule has 0 heterocycles. The first kappa shape index (κ1) is 31.3. The number of aliphatic carboxylic acids is 1. The summed E-state index contributed by atoms with van der Waals surface area (Å²) in [6.45, 7) is -2.70. The molecule has 190 valence electrons. The highest BCUT2D eigenvalue weighted by Gasteiger charge is 2.31. The van der Waals surface area contributed by atoms with Crippen LogP contribution in [0, 0.1) is 10.7 Å². The molecule has 16 heteroatoms. The van der Waals surface area contributed by atoms with Gasteiger partial charge in [0, 0.05) is 19.2 Å². The SMILES string of the molecule is O=Cc1c(I)c(NC(=O)COCC(=O)O)c(I)c(C(=O)NCC(O)C(O)C(O)C(O)CO)c1I. The van der Waals surface area contributed by atoms with Crippen molar-refractivity contribution in [2.75, 3.05) is 31.7 Å². The average Bonchev–Trinajstić information content (AvgIpc) is 2.78. The monoisotopic (exact) mass is 822 g/mol. The maximum atomic E-state index is 12.9.